The van der Waals surface area contributed by atoms with E-state index in [-0.39, 0.29) is 17.9 Å². The molecule has 0 unspecified atom stereocenters. The first-order valence-corrected chi connectivity index (χ1v) is 8.15. The maximum Gasteiger partial charge on any atom is 0.319 e. The van der Waals surface area contributed by atoms with E-state index < -0.39 is 0 Å². The Bertz CT molecular complexity index is 495. The minimum Gasteiger partial charge on any atom is -0.338 e. The zero-order valence-corrected chi connectivity index (χ0v) is 13.2. The third-order valence-electron chi connectivity index (χ3n) is 3.67. The average Bonchev–Trinajstić information content (AvgIpc) is 3.34. The number of urea groups is 1. The highest BCUT2D eigenvalue weighted by molar-refractivity contribution is 5.94. The molecule has 2 rings (SSSR count). The molecule has 0 atom stereocenters. The van der Waals surface area contributed by atoms with Crippen molar-refractivity contribution in [3.63, 3.8) is 0 Å². The lowest BCUT2D eigenvalue weighted by Gasteiger charge is -2.09. The van der Waals surface area contributed by atoms with Crippen molar-refractivity contribution >= 4 is 23.3 Å². The SMILES string of the molecule is CCCCCCNC(=O)Nc1ccc(NC(=O)C2CC2)cc1. The quantitative estimate of drug-likeness (QED) is 0.640. The number of benzene rings is 1. The topological polar surface area (TPSA) is 70.2 Å². The summed E-state index contributed by atoms with van der Waals surface area (Å²) in [5.41, 5.74) is 1.48. The summed E-state index contributed by atoms with van der Waals surface area (Å²) < 4.78 is 0. The van der Waals surface area contributed by atoms with Gasteiger partial charge in [-0.1, -0.05) is 26.2 Å². The summed E-state index contributed by atoms with van der Waals surface area (Å²) in [5.74, 6) is 0.279. The van der Waals surface area contributed by atoms with Crippen LogP contribution < -0.4 is 16.0 Å². The van der Waals surface area contributed by atoms with E-state index in [2.05, 4.69) is 22.9 Å². The van der Waals surface area contributed by atoms with E-state index in [0.29, 0.717) is 6.54 Å². The molecule has 0 bridgehead atoms. The van der Waals surface area contributed by atoms with Gasteiger partial charge in [-0.15, -0.1) is 0 Å². The van der Waals surface area contributed by atoms with Crippen LogP contribution in [0.5, 0.6) is 0 Å². The zero-order valence-electron chi connectivity index (χ0n) is 13.2. The molecule has 22 heavy (non-hydrogen) atoms. The minimum atomic E-state index is -0.189. The van der Waals surface area contributed by atoms with Crippen molar-refractivity contribution in [1.29, 1.82) is 0 Å². The molecule has 3 amide bonds. The van der Waals surface area contributed by atoms with Gasteiger partial charge in [-0.2, -0.15) is 0 Å². The van der Waals surface area contributed by atoms with Crippen LogP contribution in [0.3, 0.4) is 0 Å². The normalized spacial score (nSPS) is 13.5. The molecule has 120 valence electrons. The second kappa shape index (κ2) is 8.41. The standard InChI is InChI=1S/C17H25N3O2/c1-2-3-4-5-12-18-17(22)20-15-10-8-14(9-11-15)19-16(21)13-6-7-13/h8-11,13H,2-7,12H2,1H3,(H,19,21)(H2,18,20,22). The molecule has 0 heterocycles. The van der Waals surface area contributed by atoms with Gasteiger partial charge in [-0.25, -0.2) is 4.79 Å². The Morgan fingerprint density at radius 2 is 1.64 bits per heavy atom. The summed E-state index contributed by atoms with van der Waals surface area (Å²) in [7, 11) is 0. The summed E-state index contributed by atoms with van der Waals surface area (Å²) in [6.07, 6.45) is 6.53. The molecule has 0 aromatic heterocycles. The van der Waals surface area contributed by atoms with Crippen molar-refractivity contribution in [3.05, 3.63) is 24.3 Å². The van der Waals surface area contributed by atoms with E-state index in [1.54, 1.807) is 24.3 Å². The van der Waals surface area contributed by atoms with E-state index in [1.807, 2.05) is 0 Å². The first-order valence-electron chi connectivity index (χ1n) is 8.15. The first-order chi connectivity index (χ1) is 10.7. The van der Waals surface area contributed by atoms with Gasteiger partial charge in [0.25, 0.3) is 0 Å². The predicted octanol–water partition coefficient (Wildman–Crippen LogP) is 3.74. The first kappa shape index (κ1) is 16.3. The number of carbonyl (C=O) groups is 2. The molecule has 5 heteroatoms. The summed E-state index contributed by atoms with van der Waals surface area (Å²) in [4.78, 5) is 23.4. The molecular weight excluding hydrogens is 278 g/mol. The van der Waals surface area contributed by atoms with Crippen molar-refractivity contribution in [2.75, 3.05) is 17.2 Å². The van der Waals surface area contributed by atoms with Crippen LogP contribution in [0.4, 0.5) is 16.2 Å². The van der Waals surface area contributed by atoms with Crippen molar-refractivity contribution < 1.29 is 9.59 Å². The third-order valence-corrected chi connectivity index (χ3v) is 3.67. The molecule has 1 aliphatic rings. The third kappa shape index (κ3) is 5.76. The highest BCUT2D eigenvalue weighted by atomic mass is 16.2. The van der Waals surface area contributed by atoms with Gasteiger partial charge >= 0.3 is 6.03 Å². The van der Waals surface area contributed by atoms with Crippen LogP contribution in [0.1, 0.15) is 45.4 Å². The number of rotatable bonds is 8. The molecule has 0 radical (unpaired) electrons. The maximum atomic E-state index is 11.7. The number of carbonyl (C=O) groups excluding carboxylic acids is 2. The molecule has 1 aliphatic carbocycles. The highest BCUT2D eigenvalue weighted by Gasteiger charge is 2.29. The Labute approximate surface area is 131 Å². The molecule has 1 fully saturated rings. The van der Waals surface area contributed by atoms with Crippen LogP contribution in [-0.2, 0) is 4.79 Å². The number of nitrogens with one attached hydrogen (secondary N) is 3. The van der Waals surface area contributed by atoms with Crippen LogP contribution in [0.15, 0.2) is 24.3 Å². The van der Waals surface area contributed by atoms with Crippen molar-refractivity contribution in [3.8, 4) is 0 Å². The molecule has 5 nitrogen and oxygen atoms in total. The fourth-order valence-corrected chi connectivity index (χ4v) is 2.16. The van der Waals surface area contributed by atoms with Gasteiger partial charge in [-0.05, 0) is 43.5 Å². The van der Waals surface area contributed by atoms with Crippen LogP contribution >= 0.6 is 0 Å². The number of anilines is 2. The lowest BCUT2D eigenvalue weighted by atomic mass is 10.2. The van der Waals surface area contributed by atoms with Crippen molar-refractivity contribution in [2.45, 2.75) is 45.4 Å². The van der Waals surface area contributed by atoms with E-state index >= 15 is 0 Å². The molecular formula is C17H25N3O2. The summed E-state index contributed by atoms with van der Waals surface area (Å²) in [5, 5.41) is 8.50. The largest absolute Gasteiger partial charge is 0.338 e. The Morgan fingerprint density at radius 3 is 2.23 bits per heavy atom. The maximum absolute atomic E-state index is 11.7. The van der Waals surface area contributed by atoms with Gasteiger partial charge in [0.05, 0.1) is 0 Å². The van der Waals surface area contributed by atoms with Gasteiger partial charge in [0.2, 0.25) is 5.91 Å². The fraction of sp³-hybridized carbons (Fsp3) is 0.529. The second-order valence-corrected chi connectivity index (χ2v) is 5.78. The molecule has 1 aromatic carbocycles. The van der Waals surface area contributed by atoms with Crippen LogP contribution in [0.25, 0.3) is 0 Å². The Hall–Kier alpha value is -2.04. The molecule has 3 N–H and O–H groups in total. The highest BCUT2D eigenvalue weighted by Crippen LogP contribution is 2.30. The lowest BCUT2D eigenvalue weighted by molar-refractivity contribution is -0.117. The zero-order chi connectivity index (χ0) is 15.8. The molecule has 0 spiro atoms. The molecule has 0 aliphatic heterocycles. The Morgan fingerprint density at radius 1 is 1.00 bits per heavy atom. The van der Waals surface area contributed by atoms with Gasteiger partial charge in [0.1, 0.15) is 0 Å². The number of hydrogen-bond donors (Lipinski definition) is 3. The molecule has 1 aromatic rings. The van der Waals surface area contributed by atoms with Gasteiger partial charge in [-0.3, -0.25) is 4.79 Å². The lowest BCUT2D eigenvalue weighted by Crippen LogP contribution is -2.29. The number of hydrogen-bond acceptors (Lipinski definition) is 2. The second-order valence-electron chi connectivity index (χ2n) is 5.78. The average molecular weight is 303 g/mol. The molecule has 1 saturated carbocycles. The van der Waals surface area contributed by atoms with Crippen LogP contribution in [0, 0.1) is 5.92 Å². The smallest absolute Gasteiger partial charge is 0.319 e. The van der Waals surface area contributed by atoms with Crippen molar-refractivity contribution in [2.24, 2.45) is 5.92 Å². The van der Waals surface area contributed by atoms with E-state index in [4.69, 9.17) is 0 Å². The van der Waals surface area contributed by atoms with Crippen molar-refractivity contribution in [1.82, 2.24) is 5.32 Å². The number of amides is 3. The number of unbranched alkanes of at least 4 members (excludes halogenated alkanes) is 3. The Kier molecular flexibility index (Phi) is 6.25. The van der Waals surface area contributed by atoms with Gasteiger partial charge < -0.3 is 16.0 Å². The summed E-state index contributed by atoms with van der Waals surface area (Å²) >= 11 is 0. The van der Waals surface area contributed by atoms with E-state index in [1.165, 1.54) is 12.8 Å². The Balaban J connectivity index is 1.68. The van der Waals surface area contributed by atoms with Gasteiger partial charge in [0.15, 0.2) is 0 Å². The van der Waals surface area contributed by atoms with Gasteiger partial charge in [0, 0.05) is 23.8 Å². The minimum absolute atomic E-state index is 0.0885. The fourth-order valence-electron chi connectivity index (χ4n) is 2.16. The monoisotopic (exact) mass is 303 g/mol. The summed E-state index contributed by atoms with van der Waals surface area (Å²) in [6, 6.07) is 7.00. The predicted molar refractivity (Wildman–Crippen MR) is 89.0 cm³/mol. The summed E-state index contributed by atoms with van der Waals surface area (Å²) in [6.45, 7) is 2.86. The van der Waals surface area contributed by atoms with E-state index in [9.17, 15) is 9.59 Å². The van der Waals surface area contributed by atoms with Crippen LogP contribution in [0.2, 0.25) is 0 Å². The molecule has 0 saturated heterocycles. The van der Waals surface area contributed by atoms with Crippen LogP contribution in [-0.4, -0.2) is 18.5 Å². The van der Waals surface area contributed by atoms with E-state index in [0.717, 1.165) is 37.1 Å².